The van der Waals surface area contributed by atoms with Crippen molar-refractivity contribution >= 4 is 47.1 Å². The van der Waals surface area contributed by atoms with Gasteiger partial charge in [0, 0.05) is 29.2 Å². The molecule has 1 aromatic rings. The van der Waals surface area contributed by atoms with Crippen LogP contribution in [-0.2, 0) is 23.9 Å². The van der Waals surface area contributed by atoms with Gasteiger partial charge in [-0.05, 0) is 36.6 Å². The summed E-state index contributed by atoms with van der Waals surface area (Å²) in [5.41, 5.74) is 0.615. The zero-order valence-electron chi connectivity index (χ0n) is 14.2. The van der Waals surface area contributed by atoms with E-state index in [1.165, 1.54) is 19.3 Å². The number of carbonyl (C=O) groups excluding carboxylic acids is 3. The lowest BCUT2D eigenvalue weighted by molar-refractivity contribution is -0.151. The molecule has 26 heavy (non-hydrogen) atoms. The molecule has 1 aliphatic rings. The van der Waals surface area contributed by atoms with Crippen molar-refractivity contribution < 1.29 is 23.9 Å². The van der Waals surface area contributed by atoms with Crippen molar-refractivity contribution in [2.24, 2.45) is 5.92 Å². The van der Waals surface area contributed by atoms with Crippen molar-refractivity contribution in [2.45, 2.75) is 12.8 Å². The highest BCUT2D eigenvalue weighted by Crippen LogP contribution is 2.22. The van der Waals surface area contributed by atoms with E-state index in [1.54, 1.807) is 23.1 Å². The van der Waals surface area contributed by atoms with E-state index >= 15 is 0 Å². The van der Waals surface area contributed by atoms with E-state index in [-0.39, 0.29) is 24.4 Å². The van der Waals surface area contributed by atoms with Crippen LogP contribution in [-0.4, -0.2) is 49.6 Å². The lowest BCUT2D eigenvalue weighted by Gasteiger charge is -2.30. The SMILES string of the molecule is COC(=O)C1CCN(C(=O)COC(=O)/C=C/c2ccc(Cl)cc2Cl)CC1. The molecule has 1 amide bonds. The number of ether oxygens (including phenoxy) is 2. The molecule has 0 atom stereocenters. The maximum absolute atomic E-state index is 12.1. The van der Waals surface area contributed by atoms with Gasteiger partial charge in [-0.2, -0.15) is 0 Å². The highest BCUT2D eigenvalue weighted by atomic mass is 35.5. The van der Waals surface area contributed by atoms with Crippen LogP contribution in [0.15, 0.2) is 24.3 Å². The number of hydrogen-bond donors (Lipinski definition) is 0. The van der Waals surface area contributed by atoms with Crippen LogP contribution in [0.3, 0.4) is 0 Å². The van der Waals surface area contributed by atoms with E-state index in [0.29, 0.717) is 41.5 Å². The number of nitrogens with zero attached hydrogens (tertiary/aromatic N) is 1. The van der Waals surface area contributed by atoms with Crippen LogP contribution in [0.4, 0.5) is 0 Å². The minimum atomic E-state index is -0.645. The number of piperidine rings is 1. The second-order valence-corrected chi connectivity index (χ2v) is 6.63. The number of amides is 1. The molecule has 140 valence electrons. The highest BCUT2D eigenvalue weighted by Gasteiger charge is 2.28. The van der Waals surface area contributed by atoms with E-state index in [1.807, 2.05) is 0 Å². The van der Waals surface area contributed by atoms with Crippen molar-refractivity contribution in [3.8, 4) is 0 Å². The summed E-state index contributed by atoms with van der Waals surface area (Å²) in [5, 5.41) is 0.905. The lowest BCUT2D eigenvalue weighted by atomic mass is 9.97. The lowest BCUT2D eigenvalue weighted by Crippen LogP contribution is -2.42. The second-order valence-electron chi connectivity index (χ2n) is 5.79. The minimum Gasteiger partial charge on any atom is -0.469 e. The topological polar surface area (TPSA) is 72.9 Å². The molecule has 0 N–H and O–H groups in total. The average Bonchev–Trinajstić information content (AvgIpc) is 2.64. The first-order chi connectivity index (χ1) is 12.4. The number of esters is 2. The van der Waals surface area contributed by atoms with E-state index < -0.39 is 5.97 Å². The third kappa shape index (κ3) is 5.75. The Morgan fingerprint density at radius 1 is 1.23 bits per heavy atom. The van der Waals surface area contributed by atoms with Gasteiger partial charge in [0.25, 0.3) is 5.91 Å². The quantitative estimate of drug-likeness (QED) is 0.561. The summed E-state index contributed by atoms with van der Waals surface area (Å²) in [7, 11) is 1.35. The van der Waals surface area contributed by atoms with Gasteiger partial charge in [0.2, 0.25) is 0 Å². The molecule has 0 radical (unpaired) electrons. The molecular formula is C18H19Cl2NO5. The van der Waals surface area contributed by atoms with Crippen LogP contribution in [0, 0.1) is 5.92 Å². The van der Waals surface area contributed by atoms with Crippen molar-refractivity contribution in [2.75, 3.05) is 26.8 Å². The summed E-state index contributed by atoms with van der Waals surface area (Å²) in [6.45, 7) is 0.527. The van der Waals surface area contributed by atoms with Gasteiger partial charge in [-0.15, -0.1) is 0 Å². The van der Waals surface area contributed by atoms with Crippen LogP contribution in [0.25, 0.3) is 6.08 Å². The molecule has 1 aromatic carbocycles. The molecule has 0 unspecified atom stereocenters. The van der Waals surface area contributed by atoms with E-state index in [2.05, 4.69) is 0 Å². The third-order valence-electron chi connectivity index (χ3n) is 4.08. The fraction of sp³-hybridized carbons (Fsp3) is 0.389. The Kier molecular flexibility index (Phi) is 7.48. The summed E-state index contributed by atoms with van der Waals surface area (Å²) in [4.78, 5) is 36.9. The average molecular weight is 400 g/mol. The van der Waals surface area contributed by atoms with Crippen LogP contribution in [0.2, 0.25) is 10.0 Å². The van der Waals surface area contributed by atoms with Gasteiger partial charge in [-0.1, -0.05) is 29.3 Å². The predicted molar refractivity (Wildman–Crippen MR) is 97.8 cm³/mol. The predicted octanol–water partition coefficient (Wildman–Crippen LogP) is 2.96. The minimum absolute atomic E-state index is 0.182. The number of likely N-dealkylation sites (tertiary alicyclic amines) is 1. The van der Waals surface area contributed by atoms with Gasteiger partial charge in [-0.3, -0.25) is 9.59 Å². The maximum Gasteiger partial charge on any atom is 0.331 e. The number of carbonyl (C=O) groups is 3. The van der Waals surface area contributed by atoms with Gasteiger partial charge < -0.3 is 14.4 Å². The molecule has 0 spiro atoms. The van der Waals surface area contributed by atoms with Crippen LogP contribution in [0.5, 0.6) is 0 Å². The van der Waals surface area contributed by atoms with Crippen molar-refractivity contribution in [3.63, 3.8) is 0 Å². The number of benzene rings is 1. The van der Waals surface area contributed by atoms with Crippen LogP contribution < -0.4 is 0 Å². The normalized spacial score (nSPS) is 15.1. The Labute approximate surface area is 161 Å². The summed E-state index contributed by atoms with van der Waals surface area (Å²) >= 11 is 11.8. The maximum atomic E-state index is 12.1. The van der Waals surface area contributed by atoms with E-state index in [4.69, 9.17) is 32.7 Å². The molecule has 1 saturated heterocycles. The number of methoxy groups -OCH3 is 1. The highest BCUT2D eigenvalue weighted by molar-refractivity contribution is 6.35. The van der Waals surface area contributed by atoms with E-state index in [0.717, 1.165) is 0 Å². The number of hydrogen-bond acceptors (Lipinski definition) is 5. The van der Waals surface area contributed by atoms with Crippen molar-refractivity contribution in [3.05, 3.63) is 39.9 Å². The van der Waals surface area contributed by atoms with E-state index in [9.17, 15) is 14.4 Å². The first kappa shape index (κ1) is 20.3. The van der Waals surface area contributed by atoms with Gasteiger partial charge in [0.05, 0.1) is 13.0 Å². The summed E-state index contributed by atoms with van der Waals surface area (Å²) < 4.78 is 9.67. The van der Waals surface area contributed by atoms with Gasteiger partial charge in [-0.25, -0.2) is 4.79 Å². The van der Waals surface area contributed by atoms with Gasteiger partial charge >= 0.3 is 11.9 Å². The fourth-order valence-electron chi connectivity index (χ4n) is 2.60. The fourth-order valence-corrected chi connectivity index (χ4v) is 3.07. The largest absolute Gasteiger partial charge is 0.469 e. The smallest absolute Gasteiger partial charge is 0.331 e. The Balaban J connectivity index is 1.77. The molecular weight excluding hydrogens is 381 g/mol. The molecule has 0 bridgehead atoms. The summed E-state index contributed by atoms with van der Waals surface area (Å²) in [6, 6.07) is 4.89. The zero-order chi connectivity index (χ0) is 19.1. The molecule has 0 aliphatic carbocycles. The molecule has 1 heterocycles. The third-order valence-corrected chi connectivity index (χ3v) is 4.64. The Bertz CT molecular complexity index is 712. The summed E-state index contributed by atoms with van der Waals surface area (Å²) in [5.74, 6) is -1.37. The second kappa shape index (κ2) is 9.59. The standard InChI is InChI=1S/C18H19Cl2NO5/c1-25-18(24)13-6-8-21(9-7-13)16(22)11-26-17(23)5-3-12-2-4-14(19)10-15(12)20/h2-5,10,13H,6-9,11H2,1H3/b5-3+. The number of halogens is 2. The van der Waals surface area contributed by atoms with Crippen LogP contribution in [0.1, 0.15) is 18.4 Å². The molecule has 1 fully saturated rings. The Morgan fingerprint density at radius 2 is 1.92 bits per heavy atom. The Morgan fingerprint density at radius 3 is 2.54 bits per heavy atom. The van der Waals surface area contributed by atoms with Gasteiger partial charge in [0.1, 0.15) is 0 Å². The molecule has 1 aliphatic heterocycles. The molecule has 0 aromatic heterocycles. The number of rotatable bonds is 5. The van der Waals surface area contributed by atoms with Crippen molar-refractivity contribution in [1.29, 1.82) is 0 Å². The molecule has 6 nitrogen and oxygen atoms in total. The first-order valence-corrected chi connectivity index (χ1v) is 8.81. The van der Waals surface area contributed by atoms with Crippen LogP contribution >= 0.6 is 23.2 Å². The summed E-state index contributed by atoms with van der Waals surface area (Å²) in [6.07, 6.45) is 3.78. The zero-order valence-corrected chi connectivity index (χ0v) is 15.8. The molecule has 2 rings (SSSR count). The molecule has 8 heteroatoms. The first-order valence-electron chi connectivity index (χ1n) is 8.06. The molecule has 0 saturated carbocycles. The van der Waals surface area contributed by atoms with Gasteiger partial charge in [0.15, 0.2) is 6.61 Å². The monoisotopic (exact) mass is 399 g/mol. The Hall–Kier alpha value is -2.05. The van der Waals surface area contributed by atoms with Crippen molar-refractivity contribution in [1.82, 2.24) is 4.90 Å².